The molecule has 0 spiro atoms. The van der Waals surface area contributed by atoms with E-state index >= 15 is 0 Å². The second-order valence-electron chi connectivity index (χ2n) is 26.4. The van der Waals surface area contributed by atoms with Crippen LogP contribution in [0.25, 0.3) is 0 Å². The zero-order valence-electron chi connectivity index (χ0n) is 61.5. The van der Waals surface area contributed by atoms with Gasteiger partial charge in [0, 0.05) is 6.42 Å². The molecule has 3 heterocycles. The average Bonchev–Trinajstić information content (AvgIpc) is 0.781. The molecule has 3 aliphatic rings. The van der Waals surface area contributed by atoms with E-state index in [2.05, 4.69) is 177 Å². The SMILES string of the molecule is CC/C=C\C/C=C\C/C=C\C/C=C\C/C=C\C/C=C\C/C=C\C/C=C\C/C=C\C/C=C\C/C=C\C/C=C\CCCCC(=O)NC(COC1OC(CO)C(OC2OC(CO)C(OC3OC(CO)C(O)C(O)C3O)C(O)C2O)C(O)C1O)C(O)/C=C/CC/C=C/CCCCCCCCCCCCCC. The van der Waals surface area contributed by atoms with E-state index in [1.165, 1.54) is 70.6 Å². The van der Waals surface area contributed by atoms with Crippen LogP contribution in [0, 0.1) is 0 Å². The summed E-state index contributed by atoms with van der Waals surface area (Å²) >= 11 is 0. The molecular weight excluding hydrogens is 1300 g/mol. The summed E-state index contributed by atoms with van der Waals surface area (Å²) in [5.41, 5.74) is 0. The number of carbonyl (C=O) groups excluding carboxylic acids is 1. The quantitative estimate of drug-likeness (QED) is 0.0199. The van der Waals surface area contributed by atoms with Crippen LogP contribution in [0.5, 0.6) is 0 Å². The van der Waals surface area contributed by atoms with E-state index < -0.39 is 131 Å². The van der Waals surface area contributed by atoms with Crippen molar-refractivity contribution in [2.24, 2.45) is 0 Å². The Morgan fingerprint density at radius 2 is 0.686 bits per heavy atom. The molecule has 0 radical (unpaired) electrons. The van der Waals surface area contributed by atoms with Crippen LogP contribution in [0.2, 0.25) is 0 Å². The highest BCUT2D eigenvalue weighted by Crippen LogP contribution is 2.33. The maximum Gasteiger partial charge on any atom is 0.220 e. The molecule has 0 aromatic rings. The topological polar surface area (TPSA) is 307 Å². The molecule has 0 aromatic heterocycles. The molecule has 19 heteroatoms. The number of hydrogen-bond donors (Lipinski definition) is 12. The molecule has 578 valence electrons. The van der Waals surface area contributed by atoms with Crippen molar-refractivity contribution in [1.29, 1.82) is 0 Å². The first-order chi connectivity index (χ1) is 49.8. The number of rotatable bonds is 57. The van der Waals surface area contributed by atoms with Crippen molar-refractivity contribution in [2.45, 2.75) is 317 Å². The van der Waals surface area contributed by atoms with E-state index in [1.807, 2.05) is 6.08 Å². The molecule has 3 fully saturated rings. The Kier molecular flexibility index (Phi) is 54.9. The molecule has 19 nitrogen and oxygen atoms in total. The van der Waals surface area contributed by atoms with Gasteiger partial charge in [-0.3, -0.25) is 4.79 Å². The molecule has 17 atom stereocenters. The number of amides is 1. The van der Waals surface area contributed by atoms with Crippen LogP contribution in [0.15, 0.2) is 170 Å². The summed E-state index contributed by atoms with van der Waals surface area (Å²) in [5.74, 6) is -0.335. The van der Waals surface area contributed by atoms with Crippen LogP contribution in [0.4, 0.5) is 0 Å². The number of hydrogen-bond acceptors (Lipinski definition) is 18. The molecule has 3 aliphatic heterocycles. The number of nitrogens with one attached hydrogen (secondary N) is 1. The Labute approximate surface area is 611 Å². The highest BCUT2D eigenvalue weighted by atomic mass is 16.8. The zero-order valence-corrected chi connectivity index (χ0v) is 61.5. The lowest BCUT2D eigenvalue weighted by Gasteiger charge is -2.48. The lowest BCUT2D eigenvalue weighted by molar-refractivity contribution is -0.379. The fourth-order valence-corrected chi connectivity index (χ4v) is 11.6. The predicted octanol–water partition coefficient (Wildman–Crippen LogP) is 12.2. The molecule has 102 heavy (non-hydrogen) atoms. The number of carbonyl (C=O) groups is 1. The first kappa shape index (κ1) is 91.4. The molecule has 1 amide bonds. The van der Waals surface area contributed by atoms with Gasteiger partial charge in [-0.15, -0.1) is 0 Å². The van der Waals surface area contributed by atoms with Crippen molar-refractivity contribution in [3.63, 3.8) is 0 Å². The van der Waals surface area contributed by atoms with Crippen molar-refractivity contribution in [3.8, 4) is 0 Å². The molecule has 0 aromatic carbocycles. The Balaban J connectivity index is 1.40. The van der Waals surface area contributed by atoms with E-state index in [9.17, 15) is 61.0 Å². The molecule has 12 N–H and O–H groups in total. The Morgan fingerprint density at radius 3 is 1.10 bits per heavy atom. The van der Waals surface area contributed by atoms with Gasteiger partial charge in [0.1, 0.15) is 73.2 Å². The van der Waals surface area contributed by atoms with Crippen molar-refractivity contribution >= 4 is 5.91 Å². The van der Waals surface area contributed by atoms with Crippen LogP contribution in [-0.4, -0.2) is 193 Å². The van der Waals surface area contributed by atoms with Gasteiger partial charge in [0.2, 0.25) is 5.91 Å². The first-order valence-corrected chi connectivity index (χ1v) is 38.4. The summed E-state index contributed by atoms with van der Waals surface area (Å²) < 4.78 is 34.3. The van der Waals surface area contributed by atoms with Gasteiger partial charge < -0.3 is 89.9 Å². The molecule has 3 rings (SSSR count). The van der Waals surface area contributed by atoms with Gasteiger partial charge >= 0.3 is 0 Å². The average molecular weight is 1430 g/mol. The summed E-state index contributed by atoms with van der Waals surface area (Å²) in [6, 6.07) is -1.03. The second-order valence-corrected chi connectivity index (χ2v) is 26.4. The van der Waals surface area contributed by atoms with Gasteiger partial charge in [-0.1, -0.05) is 255 Å². The van der Waals surface area contributed by atoms with Crippen molar-refractivity contribution in [3.05, 3.63) is 170 Å². The van der Waals surface area contributed by atoms with E-state index in [-0.39, 0.29) is 12.3 Å². The second kappa shape index (κ2) is 61.3. The fraction of sp³-hybridized carbons (Fsp3) is 0.651. The van der Waals surface area contributed by atoms with Gasteiger partial charge in [-0.05, 0) is 122 Å². The highest BCUT2D eigenvalue weighted by Gasteiger charge is 2.53. The van der Waals surface area contributed by atoms with Gasteiger partial charge in [-0.2, -0.15) is 0 Å². The van der Waals surface area contributed by atoms with Crippen LogP contribution >= 0.6 is 0 Å². The minimum absolute atomic E-state index is 0.168. The van der Waals surface area contributed by atoms with E-state index in [0.717, 1.165) is 109 Å². The van der Waals surface area contributed by atoms with Crippen LogP contribution in [0.3, 0.4) is 0 Å². The lowest BCUT2D eigenvalue weighted by atomic mass is 9.96. The standard InChI is InChI=1S/C83H133NO18/c1-3-5-7-9-11-13-15-17-19-21-23-24-25-26-27-28-29-30-31-32-33-34-35-36-37-38-39-40-41-42-43-45-47-49-51-53-55-57-59-61-71(89)84-66(67(88)60-58-56-54-52-50-48-46-44-22-20-18-16-14-12-10-8-6-4-2)65-97-81-77(95)74(92)79(69(63-86)99-81)102-83-78(96)75(93)80(70(64-87)100-83)101-82-76(94)73(91)72(90)68(62-85)98-82/h5,7,11,13,17,19,23-24,26-27,29-30,32-33,35-36,38-39,41-42,45,47,50-53,58,60,66-70,72-83,85-88,90-96H,3-4,6,8-10,12,14-16,18,20-22,25,28,31,34,37,40,43-44,46,48-49,54-57,59,61-65H2,1-2H3,(H,84,89)/b7-5-,13-11-,19-17-,24-23-,27-26-,30-29-,33-32-,36-35-,39-38-,42-41-,47-45-,52-50+,53-51-,60-58+. The zero-order chi connectivity index (χ0) is 73.9. The maximum absolute atomic E-state index is 13.4. The third-order valence-electron chi connectivity index (χ3n) is 17.7. The third kappa shape index (κ3) is 41.2. The van der Waals surface area contributed by atoms with Crippen LogP contribution in [0.1, 0.15) is 213 Å². The fourth-order valence-electron chi connectivity index (χ4n) is 11.6. The van der Waals surface area contributed by atoms with E-state index in [1.54, 1.807) is 6.08 Å². The number of unbranched alkanes of at least 4 members (excludes halogenated alkanes) is 15. The molecular formula is C83H133NO18. The molecule has 17 unspecified atom stereocenters. The Bertz CT molecular complexity index is 2510. The van der Waals surface area contributed by atoms with Crippen LogP contribution < -0.4 is 5.32 Å². The largest absolute Gasteiger partial charge is 0.394 e. The molecule has 3 saturated heterocycles. The third-order valence-corrected chi connectivity index (χ3v) is 17.7. The summed E-state index contributed by atoms with van der Waals surface area (Å²) in [5, 5.41) is 121. The highest BCUT2D eigenvalue weighted by molar-refractivity contribution is 5.76. The summed E-state index contributed by atoms with van der Waals surface area (Å²) in [6.07, 6.45) is 64.8. The van der Waals surface area contributed by atoms with Gasteiger partial charge in [0.05, 0.1) is 38.6 Å². The number of ether oxygens (including phenoxy) is 6. The first-order valence-electron chi connectivity index (χ1n) is 38.4. The monoisotopic (exact) mass is 1430 g/mol. The van der Waals surface area contributed by atoms with Gasteiger partial charge in [-0.25, -0.2) is 0 Å². The number of aliphatic hydroxyl groups is 11. The van der Waals surface area contributed by atoms with Crippen molar-refractivity contribution in [1.82, 2.24) is 5.32 Å². The molecule has 0 saturated carbocycles. The van der Waals surface area contributed by atoms with Crippen molar-refractivity contribution in [2.75, 3.05) is 26.4 Å². The summed E-state index contributed by atoms with van der Waals surface area (Å²) in [6.45, 7) is 1.55. The van der Waals surface area contributed by atoms with Crippen molar-refractivity contribution < 1.29 is 89.4 Å². The molecule has 0 bridgehead atoms. The molecule has 0 aliphatic carbocycles. The Morgan fingerprint density at radius 1 is 0.363 bits per heavy atom. The summed E-state index contributed by atoms with van der Waals surface area (Å²) in [4.78, 5) is 13.4. The Hall–Kier alpha value is -4.85. The normalized spacial score (nSPS) is 27.2. The summed E-state index contributed by atoms with van der Waals surface area (Å²) in [7, 11) is 0. The smallest absolute Gasteiger partial charge is 0.220 e. The lowest BCUT2D eigenvalue weighted by Crippen LogP contribution is -2.66. The minimum atomic E-state index is -1.99. The predicted molar refractivity (Wildman–Crippen MR) is 405 cm³/mol. The number of allylic oxidation sites excluding steroid dienone is 27. The van der Waals surface area contributed by atoms with Gasteiger partial charge in [0.15, 0.2) is 18.9 Å². The number of aliphatic hydroxyl groups excluding tert-OH is 11. The van der Waals surface area contributed by atoms with E-state index in [4.69, 9.17) is 28.4 Å². The van der Waals surface area contributed by atoms with Gasteiger partial charge in [0.25, 0.3) is 0 Å². The van der Waals surface area contributed by atoms with E-state index in [0.29, 0.717) is 12.8 Å². The maximum atomic E-state index is 13.4. The van der Waals surface area contributed by atoms with Crippen LogP contribution in [-0.2, 0) is 33.2 Å². The minimum Gasteiger partial charge on any atom is -0.394 e.